The van der Waals surface area contributed by atoms with Gasteiger partial charge in [0.05, 0.1) is 18.8 Å². The lowest BCUT2D eigenvalue weighted by molar-refractivity contribution is 0.0740. The lowest BCUT2D eigenvalue weighted by Gasteiger charge is -2.36. The number of benzene rings is 1. The van der Waals surface area contributed by atoms with Crippen LogP contribution in [0, 0.1) is 6.92 Å². The molecule has 1 amide bonds. The highest BCUT2D eigenvalue weighted by Crippen LogP contribution is 2.24. The number of carbonyl (C=O) groups is 1. The van der Waals surface area contributed by atoms with E-state index in [1.54, 1.807) is 7.11 Å². The van der Waals surface area contributed by atoms with Crippen molar-refractivity contribution in [1.82, 2.24) is 25.2 Å². The Morgan fingerprint density at radius 1 is 1.18 bits per heavy atom. The van der Waals surface area contributed by atoms with Gasteiger partial charge in [-0.3, -0.25) is 4.79 Å². The van der Waals surface area contributed by atoms with Gasteiger partial charge in [0.15, 0.2) is 5.69 Å². The van der Waals surface area contributed by atoms with E-state index in [2.05, 4.69) is 26.6 Å². The van der Waals surface area contributed by atoms with Crippen LogP contribution >= 0.6 is 0 Å². The summed E-state index contributed by atoms with van der Waals surface area (Å²) in [5, 5.41) is 11.9. The molecule has 0 saturated carbocycles. The van der Waals surface area contributed by atoms with Crippen molar-refractivity contribution in [2.45, 2.75) is 25.8 Å². The van der Waals surface area contributed by atoms with Crippen LogP contribution in [0.25, 0.3) is 0 Å². The summed E-state index contributed by atoms with van der Waals surface area (Å²) in [5.41, 5.74) is 2.50. The summed E-state index contributed by atoms with van der Waals surface area (Å²) in [4.78, 5) is 17.2. The van der Waals surface area contributed by atoms with Gasteiger partial charge in [0.1, 0.15) is 5.75 Å². The molecular formula is C20H28N6O2. The zero-order valence-corrected chi connectivity index (χ0v) is 16.6. The Hall–Kier alpha value is -2.61. The van der Waals surface area contributed by atoms with Crippen molar-refractivity contribution in [3.63, 3.8) is 0 Å². The fourth-order valence-electron chi connectivity index (χ4n) is 4.06. The molecule has 1 aromatic carbocycles. The summed E-state index contributed by atoms with van der Waals surface area (Å²) in [7, 11) is 1.68. The monoisotopic (exact) mass is 384 g/mol. The Balaban J connectivity index is 1.41. The van der Waals surface area contributed by atoms with Crippen LogP contribution in [0.15, 0.2) is 24.3 Å². The quantitative estimate of drug-likeness (QED) is 0.861. The molecule has 8 heteroatoms. The van der Waals surface area contributed by atoms with Gasteiger partial charge in [-0.25, -0.2) is 4.68 Å². The first-order valence-corrected chi connectivity index (χ1v) is 9.98. The van der Waals surface area contributed by atoms with Crippen LogP contribution < -0.4 is 15.0 Å². The molecule has 2 saturated heterocycles. The highest BCUT2D eigenvalue weighted by Gasteiger charge is 2.28. The molecule has 1 aromatic heterocycles. The second-order valence-corrected chi connectivity index (χ2v) is 7.43. The summed E-state index contributed by atoms with van der Waals surface area (Å²) in [5.74, 6) is 0.837. The zero-order chi connectivity index (χ0) is 19.5. The van der Waals surface area contributed by atoms with Gasteiger partial charge in [0, 0.05) is 37.9 Å². The first-order valence-electron chi connectivity index (χ1n) is 9.98. The maximum absolute atomic E-state index is 13.0. The number of ether oxygens (including phenoxy) is 1. The van der Waals surface area contributed by atoms with Gasteiger partial charge in [-0.1, -0.05) is 11.3 Å². The van der Waals surface area contributed by atoms with E-state index in [-0.39, 0.29) is 5.91 Å². The van der Waals surface area contributed by atoms with Crippen LogP contribution in [-0.4, -0.2) is 72.2 Å². The van der Waals surface area contributed by atoms with Crippen LogP contribution in [-0.2, 0) is 0 Å². The molecule has 0 radical (unpaired) electrons. The first-order chi connectivity index (χ1) is 13.7. The predicted molar refractivity (Wildman–Crippen MR) is 107 cm³/mol. The van der Waals surface area contributed by atoms with E-state index in [1.165, 1.54) is 0 Å². The van der Waals surface area contributed by atoms with Gasteiger partial charge in [-0.05, 0) is 45.0 Å². The normalized spacial score (nSPS) is 18.4. The fraction of sp³-hybridized carbons (Fsp3) is 0.550. The molecule has 0 unspecified atom stereocenters. The lowest BCUT2D eigenvalue weighted by Crippen LogP contribution is -2.49. The molecule has 8 nitrogen and oxygen atoms in total. The summed E-state index contributed by atoms with van der Waals surface area (Å²) >= 11 is 0. The number of piperazine rings is 1. The summed E-state index contributed by atoms with van der Waals surface area (Å²) in [6.07, 6.45) is 2.05. The van der Waals surface area contributed by atoms with E-state index in [4.69, 9.17) is 4.74 Å². The van der Waals surface area contributed by atoms with Gasteiger partial charge in [-0.15, -0.1) is 5.10 Å². The molecule has 1 N–H and O–H groups in total. The highest BCUT2D eigenvalue weighted by atomic mass is 16.5. The van der Waals surface area contributed by atoms with Crippen molar-refractivity contribution in [2.24, 2.45) is 0 Å². The number of hydrogen-bond donors (Lipinski definition) is 1. The third-order valence-corrected chi connectivity index (χ3v) is 5.77. The minimum absolute atomic E-state index is 0.0111. The summed E-state index contributed by atoms with van der Waals surface area (Å²) < 4.78 is 7.26. The number of amides is 1. The van der Waals surface area contributed by atoms with Crippen LogP contribution in [0.5, 0.6) is 5.75 Å². The third kappa shape index (κ3) is 3.69. The maximum atomic E-state index is 13.0. The van der Waals surface area contributed by atoms with Crippen molar-refractivity contribution >= 4 is 11.6 Å². The van der Waals surface area contributed by atoms with Crippen LogP contribution in [0.3, 0.4) is 0 Å². The number of carbonyl (C=O) groups excluding carboxylic acids is 1. The summed E-state index contributed by atoms with van der Waals surface area (Å²) in [6.45, 7) is 6.87. The number of aromatic nitrogens is 3. The highest BCUT2D eigenvalue weighted by molar-refractivity contribution is 5.93. The van der Waals surface area contributed by atoms with E-state index >= 15 is 0 Å². The number of hydrogen-bond acceptors (Lipinski definition) is 6. The topological polar surface area (TPSA) is 75.5 Å². The molecule has 2 aromatic rings. The van der Waals surface area contributed by atoms with E-state index in [1.807, 2.05) is 34.7 Å². The molecule has 2 fully saturated rings. The molecule has 0 aliphatic carbocycles. The molecule has 4 rings (SSSR count). The predicted octanol–water partition coefficient (Wildman–Crippen LogP) is 1.48. The van der Waals surface area contributed by atoms with Crippen molar-refractivity contribution in [1.29, 1.82) is 0 Å². The molecule has 0 bridgehead atoms. The molecule has 150 valence electrons. The van der Waals surface area contributed by atoms with Crippen LogP contribution in [0.2, 0.25) is 0 Å². The number of methoxy groups -OCH3 is 1. The Bertz CT molecular complexity index is 822. The van der Waals surface area contributed by atoms with Gasteiger partial charge in [-0.2, -0.15) is 0 Å². The number of rotatable bonds is 4. The Labute approximate surface area is 165 Å². The van der Waals surface area contributed by atoms with Crippen molar-refractivity contribution in [2.75, 3.05) is 51.3 Å². The second kappa shape index (κ2) is 8.18. The summed E-state index contributed by atoms with van der Waals surface area (Å²) in [6, 6.07) is 8.38. The standard InChI is InChI=1S/C20H28N6O2/c1-15-19(22-23-26(15)16-6-8-21-9-7-16)20(27)25-12-10-24(11-13-25)17-4-3-5-18(14-17)28-2/h3-5,14,16,21H,6-13H2,1-2H3. The Kier molecular flexibility index (Phi) is 5.47. The Morgan fingerprint density at radius 2 is 1.93 bits per heavy atom. The molecule has 2 aliphatic rings. The third-order valence-electron chi connectivity index (χ3n) is 5.77. The first kappa shape index (κ1) is 18.7. The number of nitrogens with one attached hydrogen (secondary N) is 1. The molecule has 0 atom stereocenters. The maximum Gasteiger partial charge on any atom is 0.276 e. The van der Waals surface area contributed by atoms with E-state index in [0.29, 0.717) is 24.8 Å². The number of nitrogens with zero attached hydrogens (tertiary/aromatic N) is 5. The largest absolute Gasteiger partial charge is 0.497 e. The van der Waals surface area contributed by atoms with Crippen molar-refractivity contribution < 1.29 is 9.53 Å². The molecular weight excluding hydrogens is 356 g/mol. The minimum Gasteiger partial charge on any atom is -0.497 e. The molecule has 0 spiro atoms. The fourth-order valence-corrected chi connectivity index (χ4v) is 4.06. The van der Waals surface area contributed by atoms with Crippen LogP contribution in [0.4, 0.5) is 5.69 Å². The zero-order valence-electron chi connectivity index (χ0n) is 16.6. The lowest BCUT2D eigenvalue weighted by atomic mass is 10.1. The molecule has 3 heterocycles. The number of piperidine rings is 1. The second-order valence-electron chi connectivity index (χ2n) is 7.43. The minimum atomic E-state index is -0.0111. The number of anilines is 1. The van der Waals surface area contributed by atoms with E-state index < -0.39 is 0 Å². The van der Waals surface area contributed by atoms with Gasteiger partial charge >= 0.3 is 0 Å². The molecule has 28 heavy (non-hydrogen) atoms. The van der Waals surface area contributed by atoms with E-state index in [0.717, 1.165) is 56.2 Å². The van der Waals surface area contributed by atoms with Crippen LogP contribution in [0.1, 0.15) is 35.1 Å². The smallest absolute Gasteiger partial charge is 0.276 e. The average molecular weight is 384 g/mol. The van der Waals surface area contributed by atoms with E-state index in [9.17, 15) is 4.79 Å². The van der Waals surface area contributed by atoms with Gasteiger partial charge in [0.25, 0.3) is 5.91 Å². The van der Waals surface area contributed by atoms with Crippen molar-refractivity contribution in [3.05, 3.63) is 35.7 Å². The Morgan fingerprint density at radius 3 is 2.64 bits per heavy atom. The average Bonchev–Trinajstić information content (AvgIpc) is 3.15. The van der Waals surface area contributed by atoms with Gasteiger partial charge < -0.3 is 19.9 Å². The molecule has 2 aliphatic heterocycles. The van der Waals surface area contributed by atoms with Gasteiger partial charge in [0.2, 0.25) is 0 Å². The SMILES string of the molecule is COc1cccc(N2CCN(C(=O)c3nnn(C4CCNCC4)c3C)CC2)c1. The van der Waals surface area contributed by atoms with Crippen molar-refractivity contribution in [3.8, 4) is 5.75 Å².